The molecule has 32 heavy (non-hydrogen) atoms. The lowest BCUT2D eigenvalue weighted by atomic mass is 9.79. The van der Waals surface area contributed by atoms with E-state index in [4.69, 9.17) is 0 Å². The Labute approximate surface area is 189 Å². The largest absolute Gasteiger partial charge is 0.309 e. The minimum atomic E-state index is -0.359. The van der Waals surface area contributed by atoms with Crippen LogP contribution in [0.25, 0.3) is 12.2 Å². The Morgan fingerprint density at radius 2 is 1.19 bits per heavy atom. The van der Waals surface area contributed by atoms with Crippen LogP contribution in [0.4, 0.5) is 0 Å². The molecule has 4 heteroatoms. The van der Waals surface area contributed by atoms with Crippen molar-refractivity contribution in [2.75, 3.05) is 0 Å². The molecular formula is C28H28N2O2. The maximum absolute atomic E-state index is 12.8. The molecular weight excluding hydrogens is 396 g/mol. The van der Waals surface area contributed by atoms with Crippen molar-refractivity contribution in [2.45, 2.75) is 38.8 Å². The second-order valence-electron chi connectivity index (χ2n) is 8.20. The number of allylic oxidation sites excluding steroid dienone is 2. The van der Waals surface area contributed by atoms with Crippen LogP contribution >= 0.6 is 0 Å². The normalized spacial score (nSPS) is 18.7. The summed E-state index contributed by atoms with van der Waals surface area (Å²) in [5.41, 5.74) is 6.48. The van der Waals surface area contributed by atoms with E-state index in [9.17, 15) is 9.59 Å². The zero-order valence-electron chi connectivity index (χ0n) is 18.6. The highest BCUT2D eigenvalue weighted by Gasteiger charge is 2.42. The van der Waals surface area contributed by atoms with Crippen molar-refractivity contribution in [2.24, 2.45) is 0 Å². The van der Waals surface area contributed by atoms with E-state index < -0.39 is 0 Å². The van der Waals surface area contributed by atoms with Crippen molar-refractivity contribution in [1.29, 1.82) is 0 Å². The van der Waals surface area contributed by atoms with Gasteiger partial charge in [-0.05, 0) is 58.4 Å². The zero-order valence-corrected chi connectivity index (χ0v) is 18.6. The lowest BCUT2D eigenvalue weighted by Gasteiger charge is -2.45. The molecule has 2 heterocycles. The van der Waals surface area contributed by atoms with Crippen molar-refractivity contribution in [3.63, 3.8) is 0 Å². The SMILES string of the molecule is C=CCc1cccc2c1[C@@H]([C@@H]1c3c(cccc3CC=C)C=CN1C(C)=O)N(C(C)=O)C=C2. The summed E-state index contributed by atoms with van der Waals surface area (Å²) in [5, 5.41) is 0. The molecule has 4 nitrogen and oxygen atoms in total. The summed E-state index contributed by atoms with van der Waals surface area (Å²) in [6, 6.07) is 11.6. The van der Waals surface area contributed by atoms with Gasteiger partial charge in [0.05, 0.1) is 12.1 Å². The number of carbonyl (C=O) groups excluding carboxylic acids is 2. The molecule has 2 aliphatic heterocycles. The van der Waals surface area contributed by atoms with E-state index in [1.165, 1.54) is 0 Å². The van der Waals surface area contributed by atoms with Crippen LogP contribution in [-0.2, 0) is 22.4 Å². The fraction of sp³-hybridized carbons (Fsp3) is 0.214. The predicted octanol–water partition coefficient (Wildman–Crippen LogP) is 5.59. The van der Waals surface area contributed by atoms with E-state index in [0.717, 1.165) is 33.4 Å². The van der Waals surface area contributed by atoms with Crippen LogP contribution in [0.15, 0.2) is 74.1 Å². The third-order valence-electron chi connectivity index (χ3n) is 6.24. The van der Waals surface area contributed by atoms with Gasteiger partial charge in [0.25, 0.3) is 0 Å². The molecule has 2 aromatic rings. The minimum Gasteiger partial charge on any atom is -0.309 e. The molecule has 0 fully saturated rings. The van der Waals surface area contributed by atoms with Crippen LogP contribution in [0.2, 0.25) is 0 Å². The highest BCUT2D eigenvalue weighted by atomic mass is 16.2. The lowest BCUT2D eigenvalue weighted by Crippen LogP contribution is -2.43. The number of nitrogens with zero attached hydrogens (tertiary/aromatic N) is 2. The molecule has 0 spiro atoms. The van der Waals surface area contributed by atoms with Crippen molar-refractivity contribution in [3.8, 4) is 0 Å². The smallest absolute Gasteiger partial charge is 0.224 e. The van der Waals surface area contributed by atoms with Gasteiger partial charge in [-0.2, -0.15) is 0 Å². The number of hydrogen-bond acceptors (Lipinski definition) is 2. The van der Waals surface area contributed by atoms with E-state index in [1.54, 1.807) is 23.6 Å². The first kappa shape index (κ1) is 21.6. The maximum Gasteiger partial charge on any atom is 0.224 e. The maximum atomic E-state index is 12.8. The van der Waals surface area contributed by atoms with Gasteiger partial charge < -0.3 is 9.80 Å². The van der Waals surface area contributed by atoms with Crippen molar-refractivity contribution in [3.05, 3.63) is 107 Å². The van der Waals surface area contributed by atoms with Gasteiger partial charge in [-0.25, -0.2) is 0 Å². The number of rotatable bonds is 5. The molecule has 2 aromatic carbocycles. The average Bonchev–Trinajstić information content (AvgIpc) is 2.78. The monoisotopic (exact) mass is 424 g/mol. The van der Waals surface area contributed by atoms with Gasteiger partial charge in [0.15, 0.2) is 0 Å². The van der Waals surface area contributed by atoms with Crippen LogP contribution in [0.3, 0.4) is 0 Å². The van der Waals surface area contributed by atoms with Crippen molar-refractivity contribution >= 4 is 24.0 Å². The van der Waals surface area contributed by atoms with E-state index in [0.29, 0.717) is 12.8 Å². The first-order valence-electron chi connectivity index (χ1n) is 10.9. The molecule has 0 N–H and O–H groups in total. The summed E-state index contributed by atoms with van der Waals surface area (Å²) in [6.45, 7) is 11.0. The lowest BCUT2D eigenvalue weighted by molar-refractivity contribution is -0.134. The molecule has 0 unspecified atom stereocenters. The van der Waals surface area contributed by atoms with E-state index in [-0.39, 0.29) is 23.9 Å². The Kier molecular flexibility index (Phi) is 5.95. The molecule has 0 radical (unpaired) electrons. The molecule has 162 valence electrons. The summed E-state index contributed by atoms with van der Waals surface area (Å²) < 4.78 is 0. The Hall–Kier alpha value is -3.66. The number of benzene rings is 2. The van der Waals surface area contributed by atoms with Gasteiger partial charge in [0.2, 0.25) is 11.8 Å². The van der Waals surface area contributed by atoms with Crippen LogP contribution in [0.1, 0.15) is 59.3 Å². The van der Waals surface area contributed by atoms with Gasteiger partial charge in [-0.1, -0.05) is 48.6 Å². The van der Waals surface area contributed by atoms with Crippen molar-refractivity contribution < 1.29 is 9.59 Å². The second-order valence-corrected chi connectivity index (χ2v) is 8.20. The first-order valence-corrected chi connectivity index (χ1v) is 10.9. The van der Waals surface area contributed by atoms with E-state index in [1.807, 2.05) is 48.8 Å². The van der Waals surface area contributed by atoms with Crippen LogP contribution in [-0.4, -0.2) is 21.6 Å². The first-order chi connectivity index (χ1) is 15.5. The van der Waals surface area contributed by atoms with Crippen LogP contribution in [0, 0.1) is 0 Å². The minimum absolute atomic E-state index is 0.0638. The Morgan fingerprint density at radius 1 is 0.781 bits per heavy atom. The second kappa shape index (κ2) is 8.83. The Balaban J connectivity index is 2.03. The predicted molar refractivity (Wildman–Crippen MR) is 129 cm³/mol. The Bertz CT molecular complexity index is 1070. The van der Waals surface area contributed by atoms with Gasteiger partial charge in [-0.15, -0.1) is 13.2 Å². The highest BCUT2D eigenvalue weighted by Crippen LogP contribution is 2.48. The number of carbonyl (C=O) groups is 2. The molecule has 2 aliphatic rings. The number of hydrogen-bond donors (Lipinski definition) is 0. The van der Waals surface area contributed by atoms with Gasteiger partial charge in [0.1, 0.15) is 0 Å². The molecule has 0 saturated heterocycles. The summed E-state index contributed by atoms with van der Waals surface area (Å²) >= 11 is 0. The van der Waals surface area contributed by atoms with Gasteiger partial charge in [0, 0.05) is 26.2 Å². The fourth-order valence-corrected chi connectivity index (χ4v) is 4.95. The standard InChI is InChI=1S/C28H28N2O2/c1-5-9-21-11-7-13-23-15-17-29(19(3)31)27(25(21)23)28-26-22(10-6-2)12-8-14-24(26)16-18-30(28)20(4)32/h5-8,11-18,27-28H,1-2,9-10H2,3-4H3/t27-,28-/m0/s1. The topological polar surface area (TPSA) is 40.6 Å². The third kappa shape index (κ3) is 3.62. The van der Waals surface area contributed by atoms with Gasteiger partial charge in [-0.3, -0.25) is 9.59 Å². The summed E-state index contributed by atoms with van der Waals surface area (Å²) in [7, 11) is 0. The number of amides is 2. The average molecular weight is 425 g/mol. The molecule has 0 aliphatic carbocycles. The van der Waals surface area contributed by atoms with E-state index in [2.05, 4.69) is 37.4 Å². The summed E-state index contributed by atoms with van der Waals surface area (Å²) in [6.07, 6.45) is 12.8. The summed E-state index contributed by atoms with van der Waals surface area (Å²) in [4.78, 5) is 29.2. The van der Waals surface area contributed by atoms with Crippen LogP contribution in [0.5, 0.6) is 0 Å². The van der Waals surface area contributed by atoms with E-state index >= 15 is 0 Å². The quantitative estimate of drug-likeness (QED) is 0.587. The molecule has 0 aromatic heterocycles. The fourth-order valence-electron chi connectivity index (χ4n) is 4.95. The third-order valence-corrected chi connectivity index (χ3v) is 6.24. The zero-order chi connectivity index (χ0) is 22.8. The van der Waals surface area contributed by atoms with Crippen LogP contribution < -0.4 is 0 Å². The number of fused-ring (bicyclic) bond motifs is 2. The Morgan fingerprint density at radius 3 is 1.53 bits per heavy atom. The highest BCUT2D eigenvalue weighted by molar-refractivity contribution is 5.81. The molecule has 0 saturated carbocycles. The molecule has 2 amide bonds. The molecule has 4 rings (SSSR count). The molecule has 0 bridgehead atoms. The van der Waals surface area contributed by atoms with Gasteiger partial charge >= 0.3 is 0 Å². The summed E-state index contributed by atoms with van der Waals surface area (Å²) in [5.74, 6) is -0.128. The van der Waals surface area contributed by atoms with Crippen molar-refractivity contribution in [1.82, 2.24) is 9.80 Å². The molecule has 2 atom stereocenters.